The molecule has 4 fully saturated rings. The second-order valence-corrected chi connectivity index (χ2v) is 9.27. The molecule has 0 amide bonds. The quantitative estimate of drug-likeness (QED) is 0.533. The average molecular weight is 351 g/mol. The predicted molar refractivity (Wildman–Crippen MR) is 105 cm³/mol. The van der Waals surface area contributed by atoms with Crippen LogP contribution in [0.25, 0.3) is 0 Å². The SMILES string of the molecule is ClCc1ccc(C(c2ccccc2)C23CC4CC(CC(C4)C2)C3)cc1. The van der Waals surface area contributed by atoms with Crippen molar-refractivity contribution in [2.24, 2.45) is 23.2 Å². The van der Waals surface area contributed by atoms with E-state index in [0.29, 0.717) is 17.2 Å². The second kappa shape index (κ2) is 6.16. The molecule has 0 spiro atoms. The highest BCUT2D eigenvalue weighted by atomic mass is 35.5. The Morgan fingerprint density at radius 1 is 0.760 bits per heavy atom. The van der Waals surface area contributed by atoms with Crippen molar-refractivity contribution in [2.45, 2.75) is 50.3 Å². The van der Waals surface area contributed by atoms with Crippen LogP contribution < -0.4 is 0 Å². The minimum absolute atomic E-state index is 0.485. The molecular weight excluding hydrogens is 324 g/mol. The van der Waals surface area contributed by atoms with Crippen LogP contribution in [0.2, 0.25) is 0 Å². The van der Waals surface area contributed by atoms with E-state index in [0.717, 1.165) is 17.8 Å². The first-order chi connectivity index (χ1) is 12.3. The van der Waals surface area contributed by atoms with Gasteiger partial charge >= 0.3 is 0 Å². The predicted octanol–water partition coefficient (Wildman–Crippen LogP) is 6.77. The molecule has 4 bridgehead atoms. The van der Waals surface area contributed by atoms with E-state index in [9.17, 15) is 0 Å². The summed E-state index contributed by atoms with van der Waals surface area (Å²) >= 11 is 6.03. The largest absolute Gasteiger partial charge is 0.122 e. The third-order valence-electron chi connectivity index (χ3n) is 7.30. The lowest BCUT2D eigenvalue weighted by Crippen LogP contribution is -2.49. The van der Waals surface area contributed by atoms with E-state index in [1.54, 1.807) is 0 Å². The second-order valence-electron chi connectivity index (χ2n) is 9.00. The molecule has 4 aliphatic carbocycles. The molecule has 25 heavy (non-hydrogen) atoms. The molecule has 0 aromatic heterocycles. The maximum Gasteiger partial charge on any atom is 0.0474 e. The van der Waals surface area contributed by atoms with E-state index in [4.69, 9.17) is 11.6 Å². The van der Waals surface area contributed by atoms with E-state index in [-0.39, 0.29) is 0 Å². The Balaban J connectivity index is 1.60. The Morgan fingerprint density at radius 2 is 1.28 bits per heavy atom. The molecule has 0 N–H and O–H groups in total. The molecule has 0 nitrogen and oxygen atoms in total. The van der Waals surface area contributed by atoms with Crippen LogP contribution in [0.1, 0.15) is 61.1 Å². The van der Waals surface area contributed by atoms with Crippen molar-refractivity contribution in [1.82, 2.24) is 0 Å². The fourth-order valence-corrected chi connectivity index (χ4v) is 7.05. The molecule has 130 valence electrons. The van der Waals surface area contributed by atoms with Gasteiger partial charge in [0, 0.05) is 11.8 Å². The first kappa shape index (κ1) is 15.9. The van der Waals surface area contributed by atoms with Crippen LogP contribution in [0.15, 0.2) is 54.6 Å². The lowest BCUT2D eigenvalue weighted by Gasteiger charge is -2.59. The van der Waals surface area contributed by atoms with E-state index in [1.165, 1.54) is 55.2 Å². The number of benzene rings is 2. The summed E-state index contributed by atoms with van der Waals surface area (Å²) in [4.78, 5) is 0. The van der Waals surface area contributed by atoms with Gasteiger partial charge in [-0.05, 0) is 78.4 Å². The number of halogens is 1. The van der Waals surface area contributed by atoms with Crippen LogP contribution in [0.3, 0.4) is 0 Å². The summed E-state index contributed by atoms with van der Waals surface area (Å²) in [5.41, 5.74) is 4.73. The summed E-state index contributed by atoms with van der Waals surface area (Å²) in [5.74, 6) is 4.11. The van der Waals surface area contributed by atoms with Crippen LogP contribution in [0, 0.1) is 23.2 Å². The van der Waals surface area contributed by atoms with Crippen molar-refractivity contribution in [2.75, 3.05) is 0 Å². The van der Waals surface area contributed by atoms with Gasteiger partial charge in [-0.3, -0.25) is 0 Å². The molecule has 0 heterocycles. The Hall–Kier alpha value is -1.27. The third-order valence-corrected chi connectivity index (χ3v) is 7.61. The van der Waals surface area contributed by atoms with Gasteiger partial charge < -0.3 is 0 Å². The first-order valence-corrected chi connectivity index (χ1v) is 10.5. The molecule has 2 aromatic carbocycles. The fraction of sp³-hybridized carbons (Fsp3) is 0.500. The van der Waals surface area contributed by atoms with Crippen LogP contribution >= 0.6 is 11.6 Å². The van der Waals surface area contributed by atoms with Gasteiger partial charge in [0.05, 0.1) is 0 Å². The van der Waals surface area contributed by atoms with Crippen molar-refractivity contribution >= 4 is 11.6 Å². The summed E-state index contributed by atoms with van der Waals surface area (Å²) in [6, 6.07) is 20.5. The number of hydrogen-bond acceptors (Lipinski definition) is 0. The summed E-state index contributed by atoms with van der Waals surface area (Å²) < 4.78 is 0. The van der Waals surface area contributed by atoms with Crippen molar-refractivity contribution in [3.63, 3.8) is 0 Å². The summed E-state index contributed by atoms with van der Waals surface area (Å²) in [6.45, 7) is 0. The minimum atomic E-state index is 0.485. The first-order valence-electron chi connectivity index (χ1n) is 9.95. The monoisotopic (exact) mass is 350 g/mol. The van der Waals surface area contributed by atoms with E-state index in [2.05, 4.69) is 54.6 Å². The highest BCUT2D eigenvalue weighted by molar-refractivity contribution is 6.17. The lowest BCUT2D eigenvalue weighted by molar-refractivity contribution is -0.0618. The summed E-state index contributed by atoms with van der Waals surface area (Å²) in [5, 5.41) is 0. The van der Waals surface area contributed by atoms with Crippen molar-refractivity contribution in [1.29, 1.82) is 0 Å². The van der Waals surface area contributed by atoms with E-state index in [1.807, 2.05) is 0 Å². The average Bonchev–Trinajstić information content (AvgIpc) is 2.62. The number of rotatable bonds is 4. The minimum Gasteiger partial charge on any atom is -0.122 e. The highest BCUT2D eigenvalue weighted by Crippen LogP contribution is 2.65. The fourth-order valence-electron chi connectivity index (χ4n) is 6.88. The lowest BCUT2D eigenvalue weighted by atomic mass is 9.45. The van der Waals surface area contributed by atoms with Crippen molar-refractivity contribution < 1.29 is 0 Å². The molecule has 1 unspecified atom stereocenters. The van der Waals surface area contributed by atoms with Gasteiger partial charge in [0.1, 0.15) is 0 Å². The zero-order valence-corrected chi connectivity index (χ0v) is 15.6. The van der Waals surface area contributed by atoms with Crippen LogP contribution in [-0.4, -0.2) is 0 Å². The molecule has 1 heteroatoms. The maximum absolute atomic E-state index is 6.03. The van der Waals surface area contributed by atoms with E-state index < -0.39 is 0 Å². The Morgan fingerprint density at radius 3 is 1.80 bits per heavy atom. The zero-order valence-electron chi connectivity index (χ0n) is 14.8. The number of alkyl halides is 1. The Bertz CT molecular complexity index is 695. The van der Waals surface area contributed by atoms with E-state index >= 15 is 0 Å². The van der Waals surface area contributed by atoms with Gasteiger partial charge in [-0.2, -0.15) is 0 Å². The maximum atomic E-state index is 6.03. The topological polar surface area (TPSA) is 0 Å². The van der Waals surface area contributed by atoms with Crippen LogP contribution in [-0.2, 0) is 5.88 Å². The zero-order chi connectivity index (χ0) is 16.9. The summed E-state index contributed by atoms with van der Waals surface area (Å²) in [7, 11) is 0. The molecule has 4 saturated carbocycles. The van der Waals surface area contributed by atoms with Crippen molar-refractivity contribution in [3.05, 3.63) is 71.3 Å². The van der Waals surface area contributed by atoms with Crippen LogP contribution in [0.5, 0.6) is 0 Å². The van der Waals surface area contributed by atoms with Gasteiger partial charge in [-0.15, -0.1) is 11.6 Å². The molecular formula is C24H27Cl. The van der Waals surface area contributed by atoms with Crippen LogP contribution in [0.4, 0.5) is 0 Å². The molecule has 4 aliphatic rings. The Kier molecular flexibility index (Phi) is 3.93. The standard InChI is InChI=1S/C24H27Cl/c25-16-17-6-8-22(9-7-17)23(21-4-2-1-3-5-21)24-13-18-10-19(14-24)12-20(11-18)15-24/h1-9,18-20,23H,10-16H2. The van der Waals surface area contributed by atoms with Crippen molar-refractivity contribution in [3.8, 4) is 0 Å². The number of hydrogen-bond donors (Lipinski definition) is 0. The van der Waals surface area contributed by atoms with Gasteiger partial charge in [-0.1, -0.05) is 54.6 Å². The Labute approximate surface area is 156 Å². The molecule has 0 saturated heterocycles. The molecule has 1 atom stereocenters. The molecule has 2 aromatic rings. The summed E-state index contributed by atoms with van der Waals surface area (Å²) in [6.07, 6.45) is 8.84. The van der Waals surface area contributed by atoms with Gasteiger partial charge in [-0.25, -0.2) is 0 Å². The molecule has 0 radical (unpaired) electrons. The normalized spacial score (nSPS) is 34.2. The molecule has 0 aliphatic heterocycles. The van der Waals surface area contributed by atoms with Gasteiger partial charge in [0.2, 0.25) is 0 Å². The molecule has 6 rings (SSSR count). The highest BCUT2D eigenvalue weighted by Gasteiger charge is 2.54. The smallest absolute Gasteiger partial charge is 0.0474 e. The van der Waals surface area contributed by atoms with Gasteiger partial charge in [0.25, 0.3) is 0 Å². The van der Waals surface area contributed by atoms with Gasteiger partial charge in [0.15, 0.2) is 0 Å². The third kappa shape index (κ3) is 2.74.